The van der Waals surface area contributed by atoms with Crippen LogP contribution in [-0.4, -0.2) is 18.2 Å². The Kier molecular flexibility index (Phi) is 2.99. The van der Waals surface area contributed by atoms with E-state index in [1.165, 1.54) is 16.7 Å². The van der Waals surface area contributed by atoms with Gasteiger partial charge in [-0.1, -0.05) is 39.0 Å². The normalized spacial score (nSPS) is 25.6. The lowest BCUT2D eigenvalue weighted by molar-refractivity contribution is 0.142. The van der Waals surface area contributed by atoms with E-state index in [0.717, 1.165) is 32.4 Å². The van der Waals surface area contributed by atoms with E-state index in [1.54, 1.807) is 0 Å². The number of rotatable bonds is 0. The number of aliphatic hydroxyl groups is 1. The van der Waals surface area contributed by atoms with E-state index >= 15 is 0 Å². The highest BCUT2D eigenvalue weighted by molar-refractivity contribution is 5.45. The quantitative estimate of drug-likeness (QED) is 0.750. The van der Waals surface area contributed by atoms with Gasteiger partial charge in [0.2, 0.25) is 0 Å². The highest BCUT2D eigenvalue weighted by atomic mass is 16.3. The van der Waals surface area contributed by atoms with Crippen LogP contribution in [-0.2, 0) is 10.8 Å². The molecule has 2 nitrogen and oxygen atoms in total. The minimum Gasteiger partial charge on any atom is -0.388 e. The van der Waals surface area contributed by atoms with Crippen molar-refractivity contribution in [3.8, 4) is 0 Å². The van der Waals surface area contributed by atoms with Crippen molar-refractivity contribution in [1.82, 2.24) is 5.32 Å². The van der Waals surface area contributed by atoms with E-state index < -0.39 is 0 Å². The lowest BCUT2D eigenvalue weighted by Gasteiger charge is -2.35. The topological polar surface area (TPSA) is 32.3 Å². The first-order valence-corrected chi connectivity index (χ1v) is 7.46. The summed E-state index contributed by atoms with van der Waals surface area (Å²) in [5.41, 5.74) is 4.31. The van der Waals surface area contributed by atoms with Crippen molar-refractivity contribution in [1.29, 1.82) is 0 Å². The second kappa shape index (κ2) is 4.32. The summed E-state index contributed by atoms with van der Waals surface area (Å²) in [4.78, 5) is 0. The van der Waals surface area contributed by atoms with Gasteiger partial charge in [0.05, 0.1) is 6.10 Å². The van der Waals surface area contributed by atoms with Crippen molar-refractivity contribution in [3.05, 3.63) is 34.9 Å². The monoisotopic (exact) mass is 259 g/mol. The van der Waals surface area contributed by atoms with Crippen LogP contribution in [0.4, 0.5) is 0 Å². The first kappa shape index (κ1) is 13.1. The standard InChI is InChI=1S/C17H25NO/c1-16(2,3)12-4-5-14-13(10-12)15(19)11-17(14)6-8-18-9-7-17/h4-5,10,15,18-19H,6-9,11H2,1-3H3. The van der Waals surface area contributed by atoms with Gasteiger partial charge >= 0.3 is 0 Å². The smallest absolute Gasteiger partial charge is 0.0801 e. The molecule has 19 heavy (non-hydrogen) atoms. The number of benzene rings is 1. The molecule has 0 saturated carbocycles. The van der Waals surface area contributed by atoms with E-state index in [0.29, 0.717) is 0 Å². The molecule has 104 valence electrons. The van der Waals surface area contributed by atoms with Crippen LogP contribution < -0.4 is 5.32 Å². The fraction of sp³-hybridized carbons (Fsp3) is 0.647. The van der Waals surface area contributed by atoms with Crippen molar-refractivity contribution < 1.29 is 5.11 Å². The fourth-order valence-corrected chi connectivity index (χ4v) is 3.76. The van der Waals surface area contributed by atoms with Crippen LogP contribution in [0.25, 0.3) is 0 Å². The number of aliphatic hydroxyl groups excluding tert-OH is 1. The second-order valence-electron chi connectivity index (χ2n) is 7.30. The summed E-state index contributed by atoms with van der Waals surface area (Å²) >= 11 is 0. The number of hydrogen-bond donors (Lipinski definition) is 2. The predicted molar refractivity (Wildman–Crippen MR) is 78.5 cm³/mol. The van der Waals surface area contributed by atoms with Crippen LogP contribution in [0.3, 0.4) is 0 Å². The molecule has 0 aromatic heterocycles. The highest BCUT2D eigenvalue weighted by Gasteiger charge is 2.43. The summed E-state index contributed by atoms with van der Waals surface area (Å²) in [5.74, 6) is 0. The molecule has 1 aromatic carbocycles. The zero-order valence-electron chi connectivity index (χ0n) is 12.3. The van der Waals surface area contributed by atoms with Crippen molar-refractivity contribution in [2.24, 2.45) is 0 Å². The highest BCUT2D eigenvalue weighted by Crippen LogP contribution is 2.50. The van der Waals surface area contributed by atoms with Gasteiger partial charge in [-0.05, 0) is 54.5 Å². The SMILES string of the molecule is CC(C)(C)c1ccc2c(c1)C(O)CC21CCNCC1. The molecule has 1 fully saturated rings. The molecule has 1 spiro atoms. The molecule has 1 unspecified atom stereocenters. The summed E-state index contributed by atoms with van der Waals surface area (Å²) < 4.78 is 0. The molecule has 1 heterocycles. The molecule has 1 aliphatic carbocycles. The maximum Gasteiger partial charge on any atom is 0.0801 e. The van der Waals surface area contributed by atoms with Crippen LogP contribution in [0.1, 0.15) is 62.8 Å². The largest absolute Gasteiger partial charge is 0.388 e. The Morgan fingerprint density at radius 1 is 1.21 bits per heavy atom. The minimum atomic E-state index is -0.268. The van der Waals surface area contributed by atoms with Crippen molar-refractivity contribution in [2.75, 3.05) is 13.1 Å². The lowest BCUT2D eigenvalue weighted by atomic mass is 9.73. The molecule has 2 aliphatic rings. The Balaban J connectivity index is 2.04. The Hall–Kier alpha value is -0.860. The third-order valence-corrected chi connectivity index (χ3v) is 4.99. The third-order valence-electron chi connectivity index (χ3n) is 4.99. The van der Waals surface area contributed by atoms with Gasteiger partial charge in [0, 0.05) is 5.41 Å². The summed E-state index contributed by atoms with van der Waals surface area (Å²) in [6.45, 7) is 8.85. The van der Waals surface area contributed by atoms with E-state index in [1.807, 2.05) is 0 Å². The predicted octanol–water partition coefficient (Wildman–Crippen LogP) is 3.04. The first-order chi connectivity index (χ1) is 8.92. The second-order valence-corrected chi connectivity index (χ2v) is 7.30. The average Bonchev–Trinajstić information content (AvgIpc) is 2.62. The van der Waals surface area contributed by atoms with Gasteiger partial charge in [-0.2, -0.15) is 0 Å². The Labute approximate surface area is 116 Å². The molecular weight excluding hydrogens is 234 g/mol. The molecule has 1 saturated heterocycles. The summed E-state index contributed by atoms with van der Waals surface area (Å²) in [5, 5.41) is 13.9. The van der Waals surface area contributed by atoms with Crippen LogP contribution in [0.2, 0.25) is 0 Å². The van der Waals surface area contributed by atoms with E-state index in [2.05, 4.69) is 44.3 Å². The summed E-state index contributed by atoms with van der Waals surface area (Å²) in [7, 11) is 0. The maximum absolute atomic E-state index is 10.5. The van der Waals surface area contributed by atoms with Crippen molar-refractivity contribution in [3.63, 3.8) is 0 Å². The molecule has 1 atom stereocenters. The molecule has 0 bridgehead atoms. The zero-order chi connectivity index (χ0) is 13.7. The minimum absolute atomic E-state index is 0.151. The van der Waals surface area contributed by atoms with Crippen LogP contribution >= 0.6 is 0 Å². The van der Waals surface area contributed by atoms with Crippen molar-refractivity contribution in [2.45, 2.75) is 57.0 Å². The molecule has 2 N–H and O–H groups in total. The Bertz CT molecular complexity index is 481. The Morgan fingerprint density at radius 3 is 2.53 bits per heavy atom. The number of fused-ring (bicyclic) bond motifs is 2. The van der Waals surface area contributed by atoms with Crippen LogP contribution in [0, 0.1) is 0 Å². The third kappa shape index (κ3) is 2.11. The van der Waals surface area contributed by atoms with Gasteiger partial charge in [-0.15, -0.1) is 0 Å². The molecule has 1 aromatic rings. The number of nitrogens with one attached hydrogen (secondary N) is 1. The first-order valence-electron chi connectivity index (χ1n) is 7.46. The molecule has 3 rings (SSSR count). The molecule has 0 amide bonds. The zero-order valence-corrected chi connectivity index (χ0v) is 12.3. The van der Waals surface area contributed by atoms with Gasteiger partial charge in [0.25, 0.3) is 0 Å². The van der Waals surface area contributed by atoms with Crippen molar-refractivity contribution >= 4 is 0 Å². The molecular formula is C17H25NO. The number of hydrogen-bond acceptors (Lipinski definition) is 2. The van der Waals surface area contributed by atoms with Gasteiger partial charge in [-0.25, -0.2) is 0 Å². The molecule has 1 aliphatic heterocycles. The Morgan fingerprint density at radius 2 is 1.89 bits per heavy atom. The van der Waals surface area contributed by atoms with E-state index in [9.17, 15) is 5.11 Å². The van der Waals surface area contributed by atoms with Gasteiger partial charge in [0.1, 0.15) is 0 Å². The fourth-order valence-electron chi connectivity index (χ4n) is 3.76. The van der Waals surface area contributed by atoms with E-state index in [-0.39, 0.29) is 16.9 Å². The van der Waals surface area contributed by atoms with Gasteiger partial charge < -0.3 is 10.4 Å². The van der Waals surface area contributed by atoms with Crippen LogP contribution in [0.15, 0.2) is 18.2 Å². The average molecular weight is 259 g/mol. The maximum atomic E-state index is 10.5. The summed E-state index contributed by atoms with van der Waals surface area (Å²) in [6, 6.07) is 6.80. The van der Waals surface area contributed by atoms with Gasteiger partial charge in [-0.3, -0.25) is 0 Å². The van der Waals surface area contributed by atoms with E-state index in [4.69, 9.17) is 0 Å². The summed E-state index contributed by atoms with van der Waals surface area (Å²) in [6.07, 6.45) is 2.96. The molecule has 2 heteroatoms. The molecule has 0 radical (unpaired) electrons. The van der Waals surface area contributed by atoms with Crippen LogP contribution in [0.5, 0.6) is 0 Å². The number of piperidine rings is 1. The van der Waals surface area contributed by atoms with Gasteiger partial charge in [0.15, 0.2) is 0 Å². The lowest BCUT2D eigenvalue weighted by Crippen LogP contribution is -2.38.